The molecular formula is C18H17FN2O5. The fourth-order valence-electron chi connectivity index (χ4n) is 4.72. The van der Waals surface area contributed by atoms with Crippen LogP contribution in [0.25, 0.3) is 0 Å². The van der Waals surface area contributed by atoms with Gasteiger partial charge in [-0.15, -0.1) is 0 Å². The van der Waals surface area contributed by atoms with Crippen LogP contribution < -0.4 is 4.90 Å². The Labute approximate surface area is 148 Å². The summed E-state index contributed by atoms with van der Waals surface area (Å²) in [5, 5.41) is 29.5. The van der Waals surface area contributed by atoms with E-state index in [0.717, 1.165) is 4.90 Å². The summed E-state index contributed by atoms with van der Waals surface area (Å²) in [6.45, 7) is 4.20. The molecule has 0 saturated carbocycles. The van der Waals surface area contributed by atoms with E-state index in [9.17, 15) is 24.2 Å². The monoisotopic (exact) mass is 360 g/mol. The highest BCUT2D eigenvalue weighted by molar-refractivity contribution is 6.23. The van der Waals surface area contributed by atoms with Crippen LogP contribution in [0.4, 0.5) is 10.1 Å². The molecule has 2 amide bonds. The van der Waals surface area contributed by atoms with Crippen molar-refractivity contribution in [3.05, 3.63) is 29.3 Å². The van der Waals surface area contributed by atoms with E-state index in [1.54, 1.807) is 6.92 Å². The molecule has 136 valence electrons. The van der Waals surface area contributed by atoms with Crippen LogP contribution in [0.5, 0.6) is 0 Å². The third kappa shape index (κ3) is 1.62. The first kappa shape index (κ1) is 17.1. The molecule has 4 rings (SSSR count). The second kappa shape index (κ2) is 4.68. The van der Waals surface area contributed by atoms with Crippen LogP contribution in [0.1, 0.15) is 25.0 Å². The maximum atomic E-state index is 14.7. The topological polar surface area (TPSA) is 111 Å². The summed E-state index contributed by atoms with van der Waals surface area (Å²) in [7, 11) is 0. The van der Waals surface area contributed by atoms with Gasteiger partial charge in [0.2, 0.25) is 17.6 Å². The fraction of sp³-hybridized carbons (Fsp3) is 0.500. The van der Waals surface area contributed by atoms with Crippen molar-refractivity contribution in [1.29, 1.82) is 5.26 Å². The molecule has 26 heavy (non-hydrogen) atoms. The SMILES string of the molecule is Cc1cc(N2C(=O)C3[C@@H](C2=O)[C@]2(C)O[C@@]3(C)C(O)(O)C2F)ccc1C#N. The van der Waals surface area contributed by atoms with Crippen LogP contribution in [0.15, 0.2) is 18.2 Å². The third-order valence-electron chi connectivity index (χ3n) is 6.13. The zero-order chi connectivity index (χ0) is 19.2. The zero-order valence-corrected chi connectivity index (χ0v) is 14.4. The van der Waals surface area contributed by atoms with Crippen LogP contribution in [0, 0.1) is 30.1 Å². The Morgan fingerprint density at radius 2 is 1.85 bits per heavy atom. The Balaban J connectivity index is 1.83. The van der Waals surface area contributed by atoms with Gasteiger partial charge in [-0.2, -0.15) is 5.26 Å². The van der Waals surface area contributed by atoms with Gasteiger partial charge in [-0.1, -0.05) is 0 Å². The number of imide groups is 1. The average Bonchev–Trinajstić information content (AvgIpc) is 3.04. The van der Waals surface area contributed by atoms with Gasteiger partial charge in [0, 0.05) is 0 Å². The van der Waals surface area contributed by atoms with Gasteiger partial charge < -0.3 is 14.9 Å². The van der Waals surface area contributed by atoms with E-state index in [1.165, 1.54) is 32.0 Å². The van der Waals surface area contributed by atoms with Gasteiger partial charge >= 0.3 is 0 Å². The summed E-state index contributed by atoms with van der Waals surface area (Å²) < 4.78 is 20.3. The van der Waals surface area contributed by atoms with Crippen molar-refractivity contribution in [3.8, 4) is 6.07 Å². The molecule has 3 heterocycles. The van der Waals surface area contributed by atoms with Crippen LogP contribution in [-0.4, -0.2) is 45.2 Å². The number of rotatable bonds is 1. The minimum atomic E-state index is -2.88. The lowest BCUT2D eigenvalue weighted by molar-refractivity contribution is -0.266. The molecule has 1 aromatic rings. The van der Waals surface area contributed by atoms with E-state index in [2.05, 4.69) is 0 Å². The Hall–Kier alpha value is -2.34. The molecule has 2 bridgehead atoms. The number of hydrogen-bond acceptors (Lipinski definition) is 6. The van der Waals surface area contributed by atoms with Crippen molar-refractivity contribution >= 4 is 17.5 Å². The van der Waals surface area contributed by atoms with E-state index in [0.29, 0.717) is 11.1 Å². The quantitative estimate of drug-likeness (QED) is 0.559. The molecule has 3 aliphatic rings. The predicted octanol–water partition coefficient (Wildman–Crippen LogP) is 0.553. The summed E-state index contributed by atoms with van der Waals surface area (Å²) in [6.07, 6.45) is -2.24. The number of aryl methyl sites for hydroxylation is 1. The summed E-state index contributed by atoms with van der Waals surface area (Å²) in [5.41, 5.74) is -2.50. The summed E-state index contributed by atoms with van der Waals surface area (Å²) in [4.78, 5) is 26.9. The normalized spacial score (nSPS) is 40.0. The van der Waals surface area contributed by atoms with Gasteiger partial charge in [0.1, 0.15) is 11.2 Å². The number of carbonyl (C=O) groups is 2. The zero-order valence-electron chi connectivity index (χ0n) is 14.4. The van der Waals surface area contributed by atoms with Gasteiger partial charge in [-0.25, -0.2) is 9.29 Å². The van der Waals surface area contributed by atoms with Crippen molar-refractivity contribution < 1.29 is 28.9 Å². The summed E-state index contributed by atoms with van der Waals surface area (Å²) in [5.74, 6) is -6.56. The van der Waals surface area contributed by atoms with E-state index in [-0.39, 0.29) is 5.69 Å². The second-order valence-electron chi connectivity index (χ2n) is 7.56. The Morgan fingerprint density at radius 1 is 1.23 bits per heavy atom. The Kier molecular flexibility index (Phi) is 3.08. The number of anilines is 1. The van der Waals surface area contributed by atoms with E-state index >= 15 is 0 Å². The molecule has 3 saturated heterocycles. The number of nitrogens with zero attached hydrogens (tertiary/aromatic N) is 2. The van der Waals surface area contributed by atoms with Crippen molar-refractivity contribution in [3.63, 3.8) is 0 Å². The smallest absolute Gasteiger partial charge is 0.240 e. The minimum absolute atomic E-state index is 0.259. The van der Waals surface area contributed by atoms with Crippen molar-refractivity contribution in [2.75, 3.05) is 4.90 Å². The summed E-state index contributed by atoms with van der Waals surface area (Å²) >= 11 is 0. The molecule has 2 N–H and O–H groups in total. The Bertz CT molecular complexity index is 909. The Morgan fingerprint density at radius 3 is 2.42 bits per heavy atom. The van der Waals surface area contributed by atoms with E-state index in [1.807, 2.05) is 6.07 Å². The van der Waals surface area contributed by atoms with Crippen molar-refractivity contribution in [2.45, 2.75) is 43.9 Å². The lowest BCUT2D eigenvalue weighted by atomic mass is 9.65. The number of nitriles is 1. The number of amides is 2. The number of carbonyl (C=O) groups excluding carboxylic acids is 2. The first-order chi connectivity index (χ1) is 12.0. The lowest BCUT2D eigenvalue weighted by Crippen LogP contribution is -2.64. The average molecular weight is 360 g/mol. The van der Waals surface area contributed by atoms with Crippen LogP contribution >= 0.6 is 0 Å². The number of fused-ring (bicyclic) bond motifs is 5. The second-order valence-corrected chi connectivity index (χ2v) is 7.56. The molecule has 3 fully saturated rings. The third-order valence-corrected chi connectivity index (χ3v) is 6.13. The maximum Gasteiger partial charge on any atom is 0.240 e. The van der Waals surface area contributed by atoms with Crippen LogP contribution in [0.3, 0.4) is 0 Å². The lowest BCUT2D eigenvalue weighted by Gasteiger charge is -2.40. The van der Waals surface area contributed by atoms with Gasteiger partial charge in [0.15, 0.2) is 6.17 Å². The van der Waals surface area contributed by atoms with E-state index in [4.69, 9.17) is 10.00 Å². The van der Waals surface area contributed by atoms with Crippen LogP contribution in [0.2, 0.25) is 0 Å². The number of ether oxygens (including phenoxy) is 1. The predicted molar refractivity (Wildman–Crippen MR) is 85.3 cm³/mol. The van der Waals surface area contributed by atoms with Gasteiger partial charge in [-0.3, -0.25) is 9.59 Å². The number of aliphatic hydroxyl groups is 2. The highest BCUT2D eigenvalue weighted by atomic mass is 19.1. The highest BCUT2D eigenvalue weighted by Gasteiger charge is 2.85. The molecule has 0 aromatic heterocycles. The molecule has 2 unspecified atom stereocenters. The first-order valence-electron chi connectivity index (χ1n) is 8.18. The van der Waals surface area contributed by atoms with Gasteiger partial charge in [0.05, 0.1) is 29.2 Å². The highest BCUT2D eigenvalue weighted by Crippen LogP contribution is 2.64. The van der Waals surface area contributed by atoms with E-state index < -0.39 is 46.8 Å². The number of benzene rings is 1. The fourth-order valence-corrected chi connectivity index (χ4v) is 4.72. The van der Waals surface area contributed by atoms with Crippen LogP contribution in [-0.2, 0) is 14.3 Å². The molecule has 0 radical (unpaired) electrons. The molecule has 0 spiro atoms. The molecule has 0 aliphatic carbocycles. The summed E-state index contributed by atoms with van der Waals surface area (Å²) in [6, 6.07) is 6.49. The largest absolute Gasteiger partial charge is 0.361 e. The molecular weight excluding hydrogens is 343 g/mol. The van der Waals surface area contributed by atoms with Gasteiger partial charge in [0.25, 0.3) is 0 Å². The first-order valence-corrected chi connectivity index (χ1v) is 8.18. The number of hydrogen-bond donors (Lipinski definition) is 2. The minimum Gasteiger partial charge on any atom is -0.361 e. The maximum absolute atomic E-state index is 14.7. The molecule has 7 nitrogen and oxygen atoms in total. The van der Waals surface area contributed by atoms with Crippen molar-refractivity contribution in [2.24, 2.45) is 11.8 Å². The van der Waals surface area contributed by atoms with Crippen molar-refractivity contribution in [1.82, 2.24) is 0 Å². The molecule has 1 aromatic carbocycles. The number of alkyl halides is 1. The molecule has 8 heteroatoms. The number of halogens is 1. The molecule has 3 aliphatic heterocycles. The molecule has 5 atom stereocenters. The van der Waals surface area contributed by atoms with Gasteiger partial charge in [-0.05, 0) is 44.5 Å². The standard InChI is InChI=1S/C18H17FN2O5/c1-8-6-10(5-4-9(8)7-20)21-13(22)11-12(14(21)23)17(3)18(24,25)15(19)16(11,2)26-17/h4-6,11-12,15,24-25H,1-3H3/t11-,12?,15?,16-,17+/m0/s1.